The van der Waals surface area contributed by atoms with Gasteiger partial charge in [-0.2, -0.15) is 13.2 Å². The Kier molecular flexibility index (Phi) is 7.99. The van der Waals surface area contributed by atoms with Gasteiger partial charge in [0, 0.05) is 52.3 Å². The molecule has 9 heteroatoms. The molecule has 1 atom stereocenters. The summed E-state index contributed by atoms with van der Waals surface area (Å²) in [5.41, 5.74) is 0. The van der Waals surface area contributed by atoms with E-state index < -0.39 is 12.6 Å². The Morgan fingerprint density at radius 1 is 1.19 bits per heavy atom. The molecule has 2 rings (SSSR count). The lowest BCUT2D eigenvalue weighted by molar-refractivity contribution is -0.142. The normalized spacial score (nSPS) is 22.0. The number of piperazine rings is 1. The van der Waals surface area contributed by atoms with Crippen molar-refractivity contribution in [1.29, 1.82) is 0 Å². The molecule has 2 aliphatic rings. The number of amides is 1. The molecular formula is C17H29F3N4O2. The molecular weight excluding hydrogens is 349 g/mol. The molecule has 0 aromatic heterocycles. The second-order valence-corrected chi connectivity index (χ2v) is 6.62. The van der Waals surface area contributed by atoms with E-state index in [1.165, 1.54) is 0 Å². The zero-order valence-electron chi connectivity index (χ0n) is 15.4. The van der Waals surface area contributed by atoms with Crippen molar-refractivity contribution in [2.24, 2.45) is 4.99 Å². The first-order chi connectivity index (χ1) is 12.4. The number of nitrogens with one attached hydrogen (secondary N) is 1. The molecule has 6 nitrogen and oxygen atoms in total. The molecule has 1 amide bonds. The van der Waals surface area contributed by atoms with Gasteiger partial charge in [-0.3, -0.25) is 9.79 Å². The van der Waals surface area contributed by atoms with E-state index in [-0.39, 0.29) is 18.4 Å². The van der Waals surface area contributed by atoms with E-state index in [4.69, 9.17) is 4.74 Å². The molecule has 0 radical (unpaired) electrons. The maximum absolute atomic E-state index is 12.4. The number of carbonyl (C=O) groups excluding carboxylic acids is 1. The van der Waals surface area contributed by atoms with Crippen molar-refractivity contribution in [3.63, 3.8) is 0 Å². The predicted octanol–water partition coefficient (Wildman–Crippen LogP) is 2.01. The van der Waals surface area contributed by atoms with Crippen molar-refractivity contribution in [3.8, 4) is 0 Å². The Morgan fingerprint density at radius 3 is 2.46 bits per heavy atom. The third kappa shape index (κ3) is 6.66. The van der Waals surface area contributed by atoms with Gasteiger partial charge < -0.3 is 19.9 Å². The third-order valence-corrected chi connectivity index (χ3v) is 4.56. The number of carbonyl (C=O) groups is 1. The summed E-state index contributed by atoms with van der Waals surface area (Å²) in [6.07, 6.45) is -2.93. The van der Waals surface area contributed by atoms with E-state index >= 15 is 0 Å². The number of aliphatic imine (C=N–C) groups is 1. The van der Waals surface area contributed by atoms with Crippen LogP contribution in [-0.2, 0) is 9.53 Å². The quantitative estimate of drug-likeness (QED) is 0.436. The largest absolute Gasteiger partial charge is 0.389 e. The molecule has 2 fully saturated rings. The van der Waals surface area contributed by atoms with E-state index in [9.17, 15) is 18.0 Å². The minimum atomic E-state index is -4.10. The maximum atomic E-state index is 12.4. The van der Waals surface area contributed by atoms with E-state index in [0.29, 0.717) is 58.3 Å². The molecule has 1 unspecified atom stereocenters. The van der Waals surface area contributed by atoms with Crippen LogP contribution in [0.5, 0.6) is 0 Å². The summed E-state index contributed by atoms with van der Waals surface area (Å²) in [4.78, 5) is 20.7. The smallest absolute Gasteiger partial charge is 0.368 e. The van der Waals surface area contributed by atoms with E-state index in [0.717, 1.165) is 12.8 Å². The molecule has 150 valence electrons. The van der Waals surface area contributed by atoms with E-state index in [2.05, 4.69) is 15.2 Å². The fraction of sp³-hybridized carbons (Fsp3) is 0.882. The average Bonchev–Trinajstić information content (AvgIpc) is 3.14. The van der Waals surface area contributed by atoms with Crippen LogP contribution >= 0.6 is 0 Å². The number of rotatable bonds is 6. The highest BCUT2D eigenvalue weighted by atomic mass is 19.4. The van der Waals surface area contributed by atoms with Gasteiger partial charge in [0.05, 0.1) is 0 Å². The van der Waals surface area contributed by atoms with Crippen molar-refractivity contribution in [1.82, 2.24) is 15.1 Å². The first kappa shape index (κ1) is 20.8. The monoisotopic (exact) mass is 378 g/mol. The van der Waals surface area contributed by atoms with Gasteiger partial charge in [0.25, 0.3) is 5.91 Å². The minimum Gasteiger partial charge on any atom is -0.368 e. The lowest BCUT2D eigenvalue weighted by atomic mass is 10.2. The summed E-state index contributed by atoms with van der Waals surface area (Å²) < 4.78 is 42.0. The second kappa shape index (κ2) is 9.99. The summed E-state index contributed by atoms with van der Waals surface area (Å²) in [5, 5.41) is 3.18. The maximum Gasteiger partial charge on any atom is 0.389 e. The van der Waals surface area contributed by atoms with Crippen molar-refractivity contribution >= 4 is 11.9 Å². The molecule has 0 bridgehead atoms. The summed E-state index contributed by atoms with van der Waals surface area (Å²) in [5.74, 6) is 0.778. The summed E-state index contributed by atoms with van der Waals surface area (Å²) in [6.45, 7) is 6.20. The zero-order chi connectivity index (χ0) is 19.0. The fourth-order valence-corrected chi connectivity index (χ4v) is 3.16. The number of nitrogens with zero attached hydrogens (tertiary/aromatic N) is 3. The van der Waals surface area contributed by atoms with Crippen LogP contribution in [0.15, 0.2) is 4.99 Å². The Hall–Kier alpha value is -1.51. The fourth-order valence-electron chi connectivity index (χ4n) is 3.16. The van der Waals surface area contributed by atoms with Crippen LogP contribution in [-0.4, -0.2) is 79.8 Å². The van der Waals surface area contributed by atoms with Crippen LogP contribution in [0.25, 0.3) is 0 Å². The third-order valence-electron chi connectivity index (χ3n) is 4.56. The lowest BCUT2D eigenvalue weighted by Gasteiger charge is -2.37. The van der Waals surface area contributed by atoms with Crippen LogP contribution in [0.3, 0.4) is 0 Å². The highest BCUT2D eigenvalue weighted by molar-refractivity contribution is 5.82. The van der Waals surface area contributed by atoms with Gasteiger partial charge >= 0.3 is 6.18 Å². The number of unbranched alkanes of at least 4 members (excludes halogenated alkanes) is 1. The molecule has 26 heavy (non-hydrogen) atoms. The van der Waals surface area contributed by atoms with Crippen molar-refractivity contribution in [2.45, 2.75) is 51.3 Å². The van der Waals surface area contributed by atoms with Crippen molar-refractivity contribution < 1.29 is 22.7 Å². The second-order valence-electron chi connectivity index (χ2n) is 6.62. The van der Waals surface area contributed by atoms with Gasteiger partial charge in [-0.1, -0.05) is 0 Å². The highest BCUT2D eigenvalue weighted by Gasteiger charge is 2.31. The van der Waals surface area contributed by atoms with Crippen LogP contribution < -0.4 is 5.32 Å². The average molecular weight is 378 g/mol. The topological polar surface area (TPSA) is 57.2 Å². The van der Waals surface area contributed by atoms with Gasteiger partial charge in [0.15, 0.2) is 5.96 Å². The molecule has 0 aromatic carbocycles. The number of hydrogen-bond acceptors (Lipinski definition) is 3. The Bertz CT molecular complexity index is 471. The van der Waals surface area contributed by atoms with Gasteiger partial charge in [-0.15, -0.1) is 0 Å². The lowest BCUT2D eigenvalue weighted by Crippen LogP contribution is -2.55. The molecule has 0 aliphatic carbocycles. The molecule has 0 spiro atoms. The SMILES string of the molecule is CCNC(=NCCCCC(F)(F)F)N1CCN(C(=O)C2CCCO2)CC1. The number of ether oxygens (including phenoxy) is 1. The molecule has 2 aliphatic heterocycles. The number of halogens is 3. The van der Waals surface area contributed by atoms with Crippen LogP contribution in [0.1, 0.15) is 39.0 Å². The van der Waals surface area contributed by atoms with Gasteiger partial charge in [0.1, 0.15) is 6.10 Å². The number of alkyl halides is 3. The summed E-state index contributed by atoms with van der Waals surface area (Å²) >= 11 is 0. The van der Waals surface area contributed by atoms with E-state index in [1.54, 1.807) is 0 Å². The highest BCUT2D eigenvalue weighted by Crippen LogP contribution is 2.22. The molecule has 0 aromatic rings. The Morgan fingerprint density at radius 2 is 1.88 bits per heavy atom. The molecule has 2 saturated heterocycles. The Balaban J connectivity index is 1.77. The van der Waals surface area contributed by atoms with Crippen LogP contribution in [0.4, 0.5) is 13.2 Å². The van der Waals surface area contributed by atoms with Crippen LogP contribution in [0.2, 0.25) is 0 Å². The van der Waals surface area contributed by atoms with Crippen molar-refractivity contribution in [3.05, 3.63) is 0 Å². The summed E-state index contributed by atoms with van der Waals surface area (Å²) in [7, 11) is 0. The Labute approximate surface area is 152 Å². The van der Waals surface area contributed by atoms with Gasteiger partial charge in [-0.25, -0.2) is 0 Å². The van der Waals surface area contributed by atoms with Gasteiger partial charge in [-0.05, 0) is 32.6 Å². The molecule has 2 heterocycles. The molecule has 1 N–H and O–H groups in total. The summed E-state index contributed by atoms with van der Waals surface area (Å²) in [6, 6.07) is 0. The predicted molar refractivity (Wildman–Crippen MR) is 93.0 cm³/mol. The first-order valence-electron chi connectivity index (χ1n) is 9.41. The van der Waals surface area contributed by atoms with Crippen molar-refractivity contribution in [2.75, 3.05) is 45.9 Å². The van der Waals surface area contributed by atoms with Crippen LogP contribution in [0, 0.1) is 0 Å². The zero-order valence-corrected chi connectivity index (χ0v) is 15.4. The standard InChI is InChI=1S/C17H29F3N4O2/c1-2-21-16(22-8-4-3-7-17(18,19)20)24-11-9-23(10-12-24)15(25)14-6-5-13-26-14/h14H,2-13H2,1H3,(H,21,22). The first-order valence-corrected chi connectivity index (χ1v) is 9.41. The number of guanidine groups is 1. The van der Waals surface area contributed by atoms with E-state index in [1.807, 2.05) is 11.8 Å². The van der Waals surface area contributed by atoms with Gasteiger partial charge in [0.2, 0.25) is 0 Å². The number of hydrogen-bond donors (Lipinski definition) is 1. The minimum absolute atomic E-state index is 0.0660. The molecule has 0 saturated carbocycles.